The number of carbonyl (C=O) groups is 2. The predicted octanol–water partition coefficient (Wildman–Crippen LogP) is 1.75. The molecule has 0 saturated carbocycles. The Kier molecular flexibility index (Phi) is 7.04. The second-order valence-corrected chi connectivity index (χ2v) is 7.25. The van der Waals surface area contributed by atoms with Gasteiger partial charge in [-0.3, -0.25) is 9.59 Å². The summed E-state index contributed by atoms with van der Waals surface area (Å²) >= 11 is 0. The van der Waals surface area contributed by atoms with E-state index in [4.69, 9.17) is 18.6 Å². The second kappa shape index (κ2) is 9.73. The molecule has 1 aromatic carbocycles. The van der Waals surface area contributed by atoms with Gasteiger partial charge in [0.2, 0.25) is 17.1 Å². The van der Waals surface area contributed by atoms with Crippen molar-refractivity contribution in [1.29, 1.82) is 0 Å². The average Bonchev–Trinajstić information content (AvgIpc) is 2.79. The van der Waals surface area contributed by atoms with Gasteiger partial charge in [0.25, 0.3) is 0 Å². The number of aromatic hydroxyl groups is 1. The van der Waals surface area contributed by atoms with Crippen molar-refractivity contribution in [3.8, 4) is 17.2 Å². The van der Waals surface area contributed by atoms with Crippen LogP contribution in [0.3, 0.4) is 0 Å². The summed E-state index contributed by atoms with van der Waals surface area (Å²) in [7, 11) is 2.67. The molecule has 1 fully saturated rings. The molecule has 0 bridgehead atoms. The van der Waals surface area contributed by atoms with E-state index in [0.29, 0.717) is 26.3 Å². The van der Waals surface area contributed by atoms with Crippen LogP contribution in [0.5, 0.6) is 17.2 Å². The van der Waals surface area contributed by atoms with Gasteiger partial charge < -0.3 is 33.7 Å². The lowest BCUT2D eigenvalue weighted by Crippen LogP contribution is -2.41. The van der Waals surface area contributed by atoms with Gasteiger partial charge in [0.15, 0.2) is 17.3 Å². The number of rotatable bonds is 7. The fraction of sp³-hybridized carbons (Fsp3) is 0.409. The molecule has 1 aromatic heterocycles. The molecule has 172 valence electrons. The van der Waals surface area contributed by atoms with Crippen molar-refractivity contribution in [2.45, 2.75) is 19.3 Å². The third-order valence-corrected chi connectivity index (χ3v) is 5.30. The molecule has 2 N–H and O–H groups in total. The molecule has 0 radical (unpaired) electrons. The Labute approximate surface area is 183 Å². The van der Waals surface area contributed by atoms with E-state index < -0.39 is 23.1 Å². The monoisotopic (exact) mass is 447 g/mol. The Morgan fingerprint density at radius 2 is 1.88 bits per heavy atom. The first-order valence-electron chi connectivity index (χ1n) is 9.95. The number of morpholine rings is 1. The number of benzene rings is 1. The molecule has 10 heteroatoms. The zero-order valence-electron chi connectivity index (χ0n) is 18.0. The molecule has 1 amide bonds. The van der Waals surface area contributed by atoms with Gasteiger partial charge in [-0.15, -0.1) is 0 Å². The molecule has 2 heterocycles. The number of carbonyl (C=O) groups excluding carboxylic acids is 1. The maximum absolute atomic E-state index is 13.1. The smallest absolute Gasteiger partial charge is 0.339 e. The number of nitrogens with zero attached hydrogens (tertiary/aromatic N) is 1. The van der Waals surface area contributed by atoms with Crippen LogP contribution in [0, 0.1) is 6.92 Å². The molecule has 32 heavy (non-hydrogen) atoms. The van der Waals surface area contributed by atoms with Crippen LogP contribution >= 0.6 is 0 Å². The maximum Gasteiger partial charge on any atom is 0.339 e. The lowest BCUT2D eigenvalue weighted by atomic mass is 9.87. The minimum absolute atomic E-state index is 0.0455. The lowest BCUT2D eigenvalue weighted by molar-refractivity contribution is -0.135. The lowest BCUT2D eigenvalue weighted by Gasteiger charge is -2.29. The van der Waals surface area contributed by atoms with Crippen LogP contribution in [0.2, 0.25) is 0 Å². The Morgan fingerprint density at radius 1 is 1.19 bits per heavy atom. The number of aryl methyl sites for hydroxylation is 1. The van der Waals surface area contributed by atoms with Gasteiger partial charge in [-0.2, -0.15) is 0 Å². The molecule has 1 saturated heterocycles. The number of carboxylic acid groups (broad SMARTS) is 1. The van der Waals surface area contributed by atoms with E-state index in [0.717, 1.165) is 6.07 Å². The summed E-state index contributed by atoms with van der Waals surface area (Å²) in [6.07, 6.45) is -0.240. The van der Waals surface area contributed by atoms with Crippen molar-refractivity contribution < 1.29 is 38.4 Å². The summed E-state index contributed by atoms with van der Waals surface area (Å²) in [6, 6.07) is 4.08. The van der Waals surface area contributed by atoms with E-state index >= 15 is 0 Å². The molecular formula is C22H25NO9. The first-order chi connectivity index (χ1) is 15.3. The largest absolute Gasteiger partial charge is 0.502 e. The zero-order valence-corrected chi connectivity index (χ0v) is 18.0. The third-order valence-electron chi connectivity index (χ3n) is 5.30. The van der Waals surface area contributed by atoms with Crippen LogP contribution in [0.1, 0.15) is 39.8 Å². The van der Waals surface area contributed by atoms with Crippen molar-refractivity contribution in [1.82, 2.24) is 4.90 Å². The summed E-state index contributed by atoms with van der Waals surface area (Å²) in [6.45, 7) is 3.06. The van der Waals surface area contributed by atoms with Gasteiger partial charge in [0, 0.05) is 25.6 Å². The highest BCUT2D eigenvalue weighted by Crippen LogP contribution is 2.41. The van der Waals surface area contributed by atoms with Gasteiger partial charge in [0.1, 0.15) is 11.3 Å². The van der Waals surface area contributed by atoms with Gasteiger partial charge in [-0.25, -0.2) is 4.79 Å². The highest BCUT2D eigenvalue weighted by atomic mass is 16.5. The number of amides is 1. The van der Waals surface area contributed by atoms with E-state index in [1.807, 2.05) is 0 Å². The molecule has 1 aliphatic heterocycles. The normalized spacial score (nSPS) is 14.7. The number of carboxylic acids is 1. The Hall–Kier alpha value is -3.53. The summed E-state index contributed by atoms with van der Waals surface area (Å²) in [5.41, 5.74) is -0.805. The summed E-state index contributed by atoms with van der Waals surface area (Å²) in [4.78, 5) is 39.1. The highest BCUT2D eigenvalue weighted by molar-refractivity contribution is 5.94. The second-order valence-electron chi connectivity index (χ2n) is 7.25. The van der Waals surface area contributed by atoms with Crippen molar-refractivity contribution in [3.05, 3.63) is 51.1 Å². The summed E-state index contributed by atoms with van der Waals surface area (Å²) < 4.78 is 21.4. The van der Waals surface area contributed by atoms with E-state index in [-0.39, 0.29) is 46.5 Å². The number of methoxy groups -OCH3 is 2. The molecular weight excluding hydrogens is 422 g/mol. The topological polar surface area (TPSA) is 136 Å². The molecule has 2 aromatic rings. The van der Waals surface area contributed by atoms with Crippen LogP contribution in [0.4, 0.5) is 0 Å². The predicted molar refractivity (Wildman–Crippen MR) is 112 cm³/mol. The number of hydrogen-bond acceptors (Lipinski definition) is 8. The molecule has 1 atom stereocenters. The standard InChI is InChI=1S/C22H25NO9/c1-12-10-15(24)19(26)20(32-12)14(11-17(25)23-6-8-31-9-7-23)13-4-5-16(29-2)21(30-3)18(13)22(27)28/h4-5,10,14,26H,6-9,11H2,1-3H3,(H,27,28)/t14-/m0/s1. The molecule has 1 aliphatic rings. The molecule has 10 nitrogen and oxygen atoms in total. The number of hydrogen-bond donors (Lipinski definition) is 2. The van der Waals surface area contributed by atoms with Gasteiger partial charge in [-0.1, -0.05) is 6.07 Å². The highest BCUT2D eigenvalue weighted by Gasteiger charge is 2.33. The molecule has 0 spiro atoms. The first kappa shape index (κ1) is 23.1. The van der Waals surface area contributed by atoms with Crippen LogP contribution in [-0.4, -0.2) is 67.5 Å². The SMILES string of the molecule is COc1ccc([C@H](CC(=O)N2CCOCC2)c2oc(C)cc(=O)c2O)c(C(=O)O)c1OC. The van der Waals surface area contributed by atoms with Crippen molar-refractivity contribution >= 4 is 11.9 Å². The minimum Gasteiger partial charge on any atom is -0.502 e. The van der Waals surface area contributed by atoms with Crippen LogP contribution < -0.4 is 14.9 Å². The van der Waals surface area contributed by atoms with E-state index in [9.17, 15) is 24.6 Å². The van der Waals surface area contributed by atoms with E-state index in [2.05, 4.69) is 0 Å². The first-order valence-corrected chi connectivity index (χ1v) is 9.95. The molecule has 0 aliphatic carbocycles. The van der Waals surface area contributed by atoms with Gasteiger partial charge in [0.05, 0.1) is 33.4 Å². The van der Waals surface area contributed by atoms with Crippen molar-refractivity contribution in [2.24, 2.45) is 0 Å². The minimum atomic E-state index is -1.32. The van der Waals surface area contributed by atoms with Gasteiger partial charge >= 0.3 is 5.97 Å². The van der Waals surface area contributed by atoms with Crippen LogP contribution in [0.25, 0.3) is 0 Å². The summed E-state index contributed by atoms with van der Waals surface area (Å²) in [5.74, 6) is -3.21. The summed E-state index contributed by atoms with van der Waals surface area (Å²) in [5, 5.41) is 20.4. The van der Waals surface area contributed by atoms with Crippen molar-refractivity contribution in [2.75, 3.05) is 40.5 Å². The third kappa shape index (κ3) is 4.54. The number of ether oxygens (including phenoxy) is 3. The fourth-order valence-corrected chi connectivity index (χ4v) is 3.78. The van der Waals surface area contributed by atoms with Gasteiger partial charge in [-0.05, 0) is 18.6 Å². The maximum atomic E-state index is 13.1. The van der Waals surface area contributed by atoms with Crippen molar-refractivity contribution in [3.63, 3.8) is 0 Å². The van der Waals surface area contributed by atoms with E-state index in [1.165, 1.54) is 33.3 Å². The fourth-order valence-electron chi connectivity index (χ4n) is 3.78. The Bertz CT molecular complexity index is 1070. The quantitative estimate of drug-likeness (QED) is 0.650. The number of aromatic carboxylic acids is 1. The Balaban J connectivity index is 2.20. The average molecular weight is 447 g/mol. The molecule has 3 rings (SSSR count). The van der Waals surface area contributed by atoms with E-state index in [1.54, 1.807) is 4.90 Å². The molecule has 0 unspecified atom stereocenters. The zero-order chi connectivity index (χ0) is 23.4. The van der Waals surface area contributed by atoms with Crippen LogP contribution in [-0.2, 0) is 9.53 Å². The van der Waals surface area contributed by atoms with Crippen LogP contribution in [0.15, 0.2) is 27.4 Å². The Morgan fingerprint density at radius 3 is 2.47 bits per heavy atom.